The smallest absolute Gasteiger partial charge is 0.419 e. The first-order valence-electron chi connectivity index (χ1n) is 4.99. The molecule has 0 radical (unpaired) electrons. The molecule has 0 saturated heterocycles. The predicted octanol–water partition coefficient (Wildman–Crippen LogP) is 2.26. The first-order valence-corrected chi connectivity index (χ1v) is 4.99. The van der Waals surface area contributed by atoms with Gasteiger partial charge in [-0.3, -0.25) is 4.90 Å². The van der Waals surface area contributed by atoms with Crippen LogP contribution in [0, 0.1) is 0 Å². The Morgan fingerprint density at radius 1 is 1.24 bits per heavy atom. The predicted molar refractivity (Wildman–Crippen MR) is 63.5 cm³/mol. The second-order valence-corrected chi connectivity index (χ2v) is 3.57. The SMILES string of the molecule is C=C1OC(=O)N(C)c2cc(OC)c(OC)cc21. The Hall–Kier alpha value is -2.17. The highest BCUT2D eigenvalue weighted by Gasteiger charge is 2.27. The molecule has 0 N–H and O–H groups in total. The number of carbonyl (C=O) groups is 1. The van der Waals surface area contributed by atoms with Gasteiger partial charge in [0.05, 0.1) is 19.9 Å². The fourth-order valence-electron chi connectivity index (χ4n) is 1.70. The van der Waals surface area contributed by atoms with Crippen molar-refractivity contribution in [3.05, 3.63) is 24.3 Å². The maximum absolute atomic E-state index is 11.5. The topological polar surface area (TPSA) is 48.0 Å². The number of anilines is 1. The molecule has 2 rings (SSSR count). The number of nitrogens with zero attached hydrogens (tertiary/aromatic N) is 1. The number of amides is 1. The Morgan fingerprint density at radius 3 is 2.41 bits per heavy atom. The number of hydrogen-bond acceptors (Lipinski definition) is 4. The van der Waals surface area contributed by atoms with E-state index in [-0.39, 0.29) is 0 Å². The van der Waals surface area contributed by atoms with Gasteiger partial charge >= 0.3 is 6.09 Å². The molecule has 0 saturated carbocycles. The summed E-state index contributed by atoms with van der Waals surface area (Å²) >= 11 is 0. The van der Waals surface area contributed by atoms with Gasteiger partial charge in [-0.15, -0.1) is 0 Å². The Balaban J connectivity index is 2.62. The molecule has 0 fully saturated rings. The maximum atomic E-state index is 11.5. The summed E-state index contributed by atoms with van der Waals surface area (Å²) in [6, 6.07) is 3.46. The van der Waals surface area contributed by atoms with Gasteiger partial charge in [0.2, 0.25) is 0 Å². The van der Waals surface area contributed by atoms with Gasteiger partial charge in [-0.25, -0.2) is 4.79 Å². The Kier molecular flexibility index (Phi) is 2.67. The number of ether oxygens (including phenoxy) is 3. The van der Waals surface area contributed by atoms with Crippen LogP contribution in [0.5, 0.6) is 11.5 Å². The van der Waals surface area contributed by atoms with Crippen molar-refractivity contribution in [2.24, 2.45) is 0 Å². The molecule has 17 heavy (non-hydrogen) atoms. The second-order valence-electron chi connectivity index (χ2n) is 3.57. The molecule has 1 aromatic carbocycles. The lowest BCUT2D eigenvalue weighted by Crippen LogP contribution is -2.31. The molecule has 1 heterocycles. The van der Waals surface area contributed by atoms with E-state index in [1.807, 2.05) is 0 Å². The quantitative estimate of drug-likeness (QED) is 0.788. The highest BCUT2D eigenvalue weighted by atomic mass is 16.6. The van der Waals surface area contributed by atoms with E-state index >= 15 is 0 Å². The zero-order valence-electron chi connectivity index (χ0n) is 9.94. The van der Waals surface area contributed by atoms with Crippen molar-refractivity contribution in [2.45, 2.75) is 0 Å². The molecule has 5 nitrogen and oxygen atoms in total. The third kappa shape index (κ3) is 1.69. The molecule has 1 amide bonds. The van der Waals surface area contributed by atoms with Gasteiger partial charge in [-0.2, -0.15) is 0 Å². The van der Waals surface area contributed by atoms with E-state index in [0.717, 1.165) is 0 Å². The van der Waals surface area contributed by atoms with Crippen molar-refractivity contribution < 1.29 is 19.0 Å². The standard InChI is InChI=1S/C12H13NO4/c1-7-8-5-10(15-3)11(16-4)6-9(8)13(2)12(14)17-7/h5-6H,1H2,2-4H3. The molecule has 1 aromatic rings. The number of rotatable bonds is 2. The molecule has 90 valence electrons. The van der Waals surface area contributed by atoms with Crippen LogP contribution in [0.3, 0.4) is 0 Å². The van der Waals surface area contributed by atoms with Crippen molar-refractivity contribution in [3.8, 4) is 11.5 Å². The average molecular weight is 235 g/mol. The van der Waals surface area contributed by atoms with Crippen molar-refractivity contribution in [2.75, 3.05) is 26.2 Å². The average Bonchev–Trinajstić information content (AvgIpc) is 2.34. The van der Waals surface area contributed by atoms with E-state index in [1.165, 1.54) is 4.90 Å². The van der Waals surface area contributed by atoms with Crippen molar-refractivity contribution in [3.63, 3.8) is 0 Å². The number of benzene rings is 1. The van der Waals surface area contributed by atoms with Crippen LogP contribution in [0.1, 0.15) is 5.56 Å². The zero-order valence-corrected chi connectivity index (χ0v) is 9.94. The van der Waals surface area contributed by atoms with Gasteiger partial charge in [0.25, 0.3) is 0 Å². The van der Waals surface area contributed by atoms with Gasteiger partial charge < -0.3 is 14.2 Å². The molecule has 5 heteroatoms. The zero-order chi connectivity index (χ0) is 12.6. The lowest BCUT2D eigenvalue weighted by Gasteiger charge is -2.27. The fraction of sp³-hybridized carbons (Fsp3) is 0.250. The maximum Gasteiger partial charge on any atom is 0.419 e. The lowest BCUT2D eigenvalue weighted by molar-refractivity contribution is 0.199. The molecule has 0 bridgehead atoms. The summed E-state index contributed by atoms with van der Waals surface area (Å²) < 4.78 is 15.4. The highest BCUT2D eigenvalue weighted by Crippen LogP contribution is 2.40. The summed E-state index contributed by atoms with van der Waals surface area (Å²) in [5.74, 6) is 1.43. The molecule has 0 spiro atoms. The molecule has 0 atom stereocenters. The lowest BCUT2D eigenvalue weighted by atomic mass is 10.1. The third-order valence-electron chi connectivity index (χ3n) is 2.65. The number of methoxy groups -OCH3 is 2. The summed E-state index contributed by atoms with van der Waals surface area (Å²) in [7, 11) is 4.71. The summed E-state index contributed by atoms with van der Waals surface area (Å²) in [4.78, 5) is 12.9. The Morgan fingerprint density at radius 2 is 1.82 bits per heavy atom. The van der Waals surface area contributed by atoms with Crippen LogP contribution < -0.4 is 14.4 Å². The van der Waals surface area contributed by atoms with Gasteiger partial charge in [0, 0.05) is 18.7 Å². The summed E-state index contributed by atoms with van der Waals surface area (Å²) in [5, 5.41) is 0. The van der Waals surface area contributed by atoms with Gasteiger partial charge in [0.15, 0.2) is 11.5 Å². The van der Waals surface area contributed by atoms with E-state index in [2.05, 4.69) is 6.58 Å². The van der Waals surface area contributed by atoms with E-state index in [0.29, 0.717) is 28.5 Å². The number of cyclic esters (lactones) is 1. The Labute approximate surface area is 99.2 Å². The highest BCUT2D eigenvalue weighted by molar-refractivity contribution is 5.98. The van der Waals surface area contributed by atoms with Crippen LogP contribution >= 0.6 is 0 Å². The van der Waals surface area contributed by atoms with Gasteiger partial charge in [-0.1, -0.05) is 6.58 Å². The first kappa shape index (κ1) is 11.3. The van der Waals surface area contributed by atoms with Crippen LogP contribution in [0.15, 0.2) is 18.7 Å². The Bertz CT molecular complexity index is 496. The van der Waals surface area contributed by atoms with Crippen molar-refractivity contribution in [1.29, 1.82) is 0 Å². The summed E-state index contributed by atoms with van der Waals surface area (Å²) in [5.41, 5.74) is 1.40. The molecule has 0 aromatic heterocycles. The van der Waals surface area contributed by atoms with E-state index < -0.39 is 6.09 Å². The van der Waals surface area contributed by atoms with Gasteiger partial charge in [0.1, 0.15) is 5.76 Å². The second kappa shape index (κ2) is 4.01. The molecule has 0 unspecified atom stereocenters. The van der Waals surface area contributed by atoms with Crippen LogP contribution in [-0.2, 0) is 4.74 Å². The van der Waals surface area contributed by atoms with Crippen molar-refractivity contribution in [1.82, 2.24) is 0 Å². The van der Waals surface area contributed by atoms with Crippen LogP contribution in [0.2, 0.25) is 0 Å². The summed E-state index contributed by atoms with van der Waals surface area (Å²) in [6.07, 6.45) is -0.463. The minimum Gasteiger partial charge on any atom is -0.493 e. The summed E-state index contributed by atoms with van der Waals surface area (Å²) in [6.45, 7) is 3.71. The molecule has 0 aliphatic carbocycles. The molecule has 1 aliphatic heterocycles. The first-order chi connectivity index (χ1) is 8.08. The largest absolute Gasteiger partial charge is 0.493 e. The van der Waals surface area contributed by atoms with Crippen LogP contribution in [0.4, 0.5) is 10.5 Å². The van der Waals surface area contributed by atoms with E-state index in [1.54, 1.807) is 33.4 Å². The number of carbonyl (C=O) groups excluding carboxylic acids is 1. The van der Waals surface area contributed by atoms with Crippen LogP contribution in [0.25, 0.3) is 5.76 Å². The normalized spacial score (nSPS) is 14.2. The van der Waals surface area contributed by atoms with E-state index in [9.17, 15) is 4.79 Å². The number of fused-ring (bicyclic) bond motifs is 1. The minimum absolute atomic E-state index is 0.309. The number of hydrogen-bond donors (Lipinski definition) is 0. The third-order valence-corrected chi connectivity index (χ3v) is 2.65. The van der Waals surface area contributed by atoms with Crippen molar-refractivity contribution >= 4 is 17.5 Å². The molecular formula is C12H13NO4. The molecule has 1 aliphatic rings. The minimum atomic E-state index is -0.463. The fourth-order valence-corrected chi connectivity index (χ4v) is 1.70. The molecular weight excluding hydrogens is 222 g/mol. The van der Waals surface area contributed by atoms with E-state index in [4.69, 9.17) is 14.2 Å². The monoisotopic (exact) mass is 235 g/mol. The van der Waals surface area contributed by atoms with Crippen LogP contribution in [-0.4, -0.2) is 27.4 Å². The van der Waals surface area contributed by atoms with Gasteiger partial charge in [-0.05, 0) is 6.07 Å².